The molecule has 0 N–H and O–H groups in total. The zero-order chi connectivity index (χ0) is 11.4. The summed E-state index contributed by atoms with van der Waals surface area (Å²) in [4.78, 5) is 0.477. The average molecular weight is 242 g/mol. The molecule has 0 saturated heterocycles. The molecule has 76 valence electrons. The first kappa shape index (κ1) is 11.6. The van der Waals surface area contributed by atoms with E-state index in [1.165, 1.54) is 6.07 Å². The first-order valence-corrected chi connectivity index (χ1v) is 5.72. The van der Waals surface area contributed by atoms with Crippen molar-refractivity contribution in [2.45, 2.75) is 4.90 Å². The molecule has 0 aliphatic carbocycles. The Morgan fingerprint density at radius 1 is 1.47 bits per heavy atom. The van der Waals surface area contributed by atoms with Gasteiger partial charge in [0.1, 0.15) is 11.9 Å². The Labute approximate surface area is 93.8 Å². The molecule has 1 atom stereocenters. The van der Waals surface area contributed by atoms with Crippen molar-refractivity contribution in [2.75, 3.05) is 6.26 Å². The zero-order valence-electron chi connectivity index (χ0n) is 7.66. The van der Waals surface area contributed by atoms with Crippen LogP contribution in [0.5, 0.6) is 0 Å². The standard InChI is InChI=1S/C9H5ClFN3S/c1-15(14-5-13)8-3-2-7(11)9(10)6(8)4-12/h2-3H,1H3. The molecule has 0 aliphatic rings. The van der Waals surface area contributed by atoms with Gasteiger partial charge in [0.2, 0.25) is 6.19 Å². The quantitative estimate of drug-likeness (QED) is 0.710. The molecular formula is C9H5ClFN3S. The molecule has 1 rings (SSSR count). The van der Waals surface area contributed by atoms with E-state index in [0.717, 1.165) is 6.07 Å². The molecule has 0 spiro atoms. The van der Waals surface area contributed by atoms with Crippen LogP contribution in [0.4, 0.5) is 4.39 Å². The first-order valence-electron chi connectivity index (χ1n) is 3.75. The minimum absolute atomic E-state index is 0.0431. The Morgan fingerprint density at radius 2 is 2.13 bits per heavy atom. The summed E-state index contributed by atoms with van der Waals surface area (Å²) >= 11 is 5.63. The fourth-order valence-electron chi connectivity index (χ4n) is 0.994. The molecule has 0 aromatic heterocycles. The molecule has 1 aromatic carbocycles. The minimum Gasteiger partial charge on any atom is -0.205 e. The van der Waals surface area contributed by atoms with E-state index in [1.54, 1.807) is 12.4 Å². The van der Waals surface area contributed by atoms with Crippen LogP contribution < -0.4 is 0 Å². The second kappa shape index (κ2) is 4.88. The lowest BCUT2D eigenvalue weighted by Gasteiger charge is -2.04. The number of nitriles is 2. The summed E-state index contributed by atoms with van der Waals surface area (Å²) in [5, 5.41) is 17.0. The van der Waals surface area contributed by atoms with Crippen LogP contribution >= 0.6 is 11.6 Å². The number of hydrogen-bond donors (Lipinski definition) is 0. The predicted molar refractivity (Wildman–Crippen MR) is 55.7 cm³/mol. The fourth-order valence-corrected chi connectivity index (χ4v) is 2.19. The summed E-state index contributed by atoms with van der Waals surface area (Å²) in [6, 6.07) is 4.39. The second-order valence-electron chi connectivity index (χ2n) is 2.52. The number of hydrogen-bond acceptors (Lipinski definition) is 3. The van der Waals surface area contributed by atoms with E-state index in [4.69, 9.17) is 22.1 Å². The third kappa shape index (κ3) is 2.33. The van der Waals surface area contributed by atoms with Crippen LogP contribution in [0.1, 0.15) is 5.56 Å². The Bertz CT molecular complexity index is 513. The molecule has 6 heteroatoms. The van der Waals surface area contributed by atoms with Gasteiger partial charge in [-0.2, -0.15) is 10.5 Å². The van der Waals surface area contributed by atoms with Crippen LogP contribution in [-0.4, -0.2) is 6.26 Å². The van der Waals surface area contributed by atoms with Crippen molar-refractivity contribution in [1.82, 2.24) is 0 Å². The van der Waals surface area contributed by atoms with E-state index in [-0.39, 0.29) is 10.6 Å². The molecule has 0 amide bonds. The van der Waals surface area contributed by atoms with Crippen LogP contribution in [0.2, 0.25) is 5.02 Å². The zero-order valence-corrected chi connectivity index (χ0v) is 9.23. The van der Waals surface area contributed by atoms with Crippen molar-refractivity contribution in [3.8, 4) is 12.3 Å². The van der Waals surface area contributed by atoms with Gasteiger partial charge in [-0.3, -0.25) is 0 Å². The molecule has 1 aromatic rings. The minimum atomic E-state index is -0.773. The Kier molecular flexibility index (Phi) is 3.79. The monoisotopic (exact) mass is 241 g/mol. The van der Waals surface area contributed by atoms with Crippen LogP contribution in [-0.2, 0) is 10.7 Å². The lowest BCUT2D eigenvalue weighted by molar-refractivity contribution is 0.626. The summed E-state index contributed by atoms with van der Waals surface area (Å²) in [7, 11) is -0.773. The number of rotatable bonds is 1. The molecule has 0 aliphatic heterocycles. The highest BCUT2D eigenvalue weighted by atomic mass is 35.5. The lowest BCUT2D eigenvalue weighted by atomic mass is 10.2. The number of benzene rings is 1. The van der Waals surface area contributed by atoms with Gasteiger partial charge in [0, 0.05) is 4.90 Å². The van der Waals surface area contributed by atoms with Gasteiger partial charge >= 0.3 is 0 Å². The van der Waals surface area contributed by atoms with E-state index in [1.807, 2.05) is 6.07 Å². The van der Waals surface area contributed by atoms with Crippen LogP contribution in [0.25, 0.3) is 0 Å². The Morgan fingerprint density at radius 3 is 2.67 bits per heavy atom. The molecule has 0 radical (unpaired) electrons. The summed E-state index contributed by atoms with van der Waals surface area (Å²) < 4.78 is 16.6. The van der Waals surface area contributed by atoms with E-state index in [2.05, 4.69) is 4.36 Å². The highest BCUT2D eigenvalue weighted by Crippen LogP contribution is 2.25. The largest absolute Gasteiger partial charge is 0.212 e. The van der Waals surface area contributed by atoms with E-state index >= 15 is 0 Å². The highest BCUT2D eigenvalue weighted by Gasteiger charge is 2.12. The van der Waals surface area contributed by atoms with Gasteiger partial charge in [-0.25, -0.2) is 4.39 Å². The predicted octanol–water partition coefficient (Wildman–Crippen LogP) is 2.62. The second-order valence-corrected chi connectivity index (χ2v) is 4.47. The molecule has 1 unspecified atom stereocenters. The average Bonchev–Trinajstić information content (AvgIpc) is 2.22. The Hall–Kier alpha value is -1.43. The van der Waals surface area contributed by atoms with Crippen molar-refractivity contribution in [3.05, 3.63) is 28.5 Å². The fraction of sp³-hybridized carbons (Fsp3) is 0.111. The van der Waals surface area contributed by atoms with E-state index in [9.17, 15) is 4.39 Å². The molecular weight excluding hydrogens is 237 g/mol. The normalized spacial score (nSPS) is 11.8. The maximum atomic E-state index is 13.0. The van der Waals surface area contributed by atoms with Crippen LogP contribution in [0, 0.1) is 28.6 Å². The third-order valence-electron chi connectivity index (χ3n) is 1.66. The topological polar surface area (TPSA) is 59.9 Å². The van der Waals surface area contributed by atoms with Crippen molar-refractivity contribution in [3.63, 3.8) is 0 Å². The van der Waals surface area contributed by atoms with Gasteiger partial charge in [-0.1, -0.05) is 22.3 Å². The van der Waals surface area contributed by atoms with Gasteiger partial charge in [0.15, 0.2) is 0 Å². The molecule has 15 heavy (non-hydrogen) atoms. The van der Waals surface area contributed by atoms with Crippen LogP contribution in [0.15, 0.2) is 21.4 Å². The van der Waals surface area contributed by atoms with E-state index < -0.39 is 16.5 Å². The van der Waals surface area contributed by atoms with Crippen molar-refractivity contribution in [2.24, 2.45) is 4.36 Å². The SMILES string of the molecule is CS(=NC#N)c1ccc(F)c(Cl)c1C#N. The van der Waals surface area contributed by atoms with Crippen molar-refractivity contribution < 1.29 is 4.39 Å². The highest BCUT2D eigenvalue weighted by molar-refractivity contribution is 7.86. The van der Waals surface area contributed by atoms with Gasteiger partial charge in [0.05, 0.1) is 10.6 Å². The molecule has 3 nitrogen and oxygen atoms in total. The summed E-state index contributed by atoms with van der Waals surface area (Å²) in [5.74, 6) is -0.647. The summed E-state index contributed by atoms with van der Waals surface area (Å²) in [5.41, 5.74) is 0.0431. The van der Waals surface area contributed by atoms with Gasteiger partial charge in [-0.15, -0.1) is 4.36 Å². The third-order valence-corrected chi connectivity index (χ3v) is 3.37. The maximum Gasteiger partial charge on any atom is 0.212 e. The van der Waals surface area contributed by atoms with Gasteiger partial charge < -0.3 is 0 Å². The summed E-state index contributed by atoms with van der Waals surface area (Å²) in [6.45, 7) is 0. The first-order chi connectivity index (χ1) is 7.11. The molecule has 0 saturated carbocycles. The lowest BCUT2D eigenvalue weighted by Crippen LogP contribution is -1.95. The van der Waals surface area contributed by atoms with E-state index in [0.29, 0.717) is 4.90 Å². The smallest absolute Gasteiger partial charge is 0.205 e. The molecule has 0 bridgehead atoms. The van der Waals surface area contributed by atoms with Crippen molar-refractivity contribution >= 4 is 22.3 Å². The van der Waals surface area contributed by atoms with Gasteiger partial charge in [0.25, 0.3) is 0 Å². The molecule has 0 heterocycles. The van der Waals surface area contributed by atoms with Gasteiger partial charge in [-0.05, 0) is 18.4 Å². The molecule has 0 fully saturated rings. The Balaban J connectivity index is 3.47. The van der Waals surface area contributed by atoms with Crippen LogP contribution in [0.3, 0.4) is 0 Å². The number of nitrogens with zero attached hydrogens (tertiary/aromatic N) is 3. The maximum absolute atomic E-state index is 13.0. The van der Waals surface area contributed by atoms with Crippen molar-refractivity contribution in [1.29, 1.82) is 10.5 Å². The summed E-state index contributed by atoms with van der Waals surface area (Å²) in [6.07, 6.45) is 3.30. The number of halogens is 2.